The Hall–Kier alpha value is -1.12. The molecule has 0 radical (unpaired) electrons. The average Bonchev–Trinajstić information content (AvgIpc) is 2.97. The Kier molecular flexibility index (Phi) is 4.00. The molecule has 2 N–H and O–H groups in total. The molecule has 0 bridgehead atoms. The summed E-state index contributed by atoms with van der Waals surface area (Å²) in [4.78, 5) is 0. The Morgan fingerprint density at radius 1 is 1.00 bits per heavy atom. The predicted molar refractivity (Wildman–Crippen MR) is 83.5 cm³/mol. The van der Waals surface area contributed by atoms with Crippen molar-refractivity contribution >= 4 is 11.3 Å². The van der Waals surface area contributed by atoms with Gasteiger partial charge in [0, 0.05) is 6.54 Å². The van der Waals surface area contributed by atoms with Crippen molar-refractivity contribution in [3.63, 3.8) is 0 Å². The van der Waals surface area contributed by atoms with Gasteiger partial charge in [-0.25, -0.2) is 0 Å². The molecule has 1 heterocycles. The van der Waals surface area contributed by atoms with Crippen molar-refractivity contribution in [1.82, 2.24) is 0 Å². The van der Waals surface area contributed by atoms with Gasteiger partial charge in [-0.2, -0.15) is 11.3 Å². The van der Waals surface area contributed by atoms with Crippen molar-refractivity contribution in [3.05, 3.63) is 46.2 Å². The van der Waals surface area contributed by atoms with Crippen molar-refractivity contribution in [1.29, 1.82) is 0 Å². The number of hydrogen-bond acceptors (Lipinski definition) is 2. The molecule has 19 heavy (non-hydrogen) atoms. The second kappa shape index (κ2) is 5.89. The van der Waals surface area contributed by atoms with Crippen LogP contribution in [0.2, 0.25) is 0 Å². The Morgan fingerprint density at radius 3 is 2.42 bits per heavy atom. The Balaban J connectivity index is 1.82. The first-order chi connectivity index (χ1) is 9.38. The maximum Gasteiger partial charge on any atom is 0.0192 e. The molecule has 2 aromatic rings. The fraction of sp³-hybridized carbons (Fsp3) is 0.412. The molecule has 0 aliphatic heterocycles. The highest BCUT2D eigenvalue weighted by Gasteiger charge is 2.15. The van der Waals surface area contributed by atoms with E-state index in [1.54, 1.807) is 11.3 Å². The zero-order valence-electron chi connectivity index (χ0n) is 11.3. The summed E-state index contributed by atoms with van der Waals surface area (Å²) < 4.78 is 0. The van der Waals surface area contributed by atoms with Gasteiger partial charge in [0.25, 0.3) is 0 Å². The molecule has 1 nitrogen and oxygen atoms in total. The summed E-state index contributed by atoms with van der Waals surface area (Å²) in [6.07, 6.45) is 6.95. The summed E-state index contributed by atoms with van der Waals surface area (Å²) in [5.74, 6) is 0.791. The highest BCUT2D eigenvalue weighted by molar-refractivity contribution is 7.08. The van der Waals surface area contributed by atoms with E-state index in [4.69, 9.17) is 5.73 Å². The van der Waals surface area contributed by atoms with Gasteiger partial charge < -0.3 is 5.73 Å². The lowest BCUT2D eigenvalue weighted by Crippen LogP contribution is -2.04. The van der Waals surface area contributed by atoms with Crippen LogP contribution in [0.3, 0.4) is 0 Å². The van der Waals surface area contributed by atoms with E-state index >= 15 is 0 Å². The first-order valence-corrected chi connectivity index (χ1v) is 8.18. The first kappa shape index (κ1) is 12.9. The van der Waals surface area contributed by atoms with E-state index in [0.29, 0.717) is 6.54 Å². The molecule has 1 aromatic carbocycles. The van der Waals surface area contributed by atoms with Crippen LogP contribution in [0, 0.1) is 0 Å². The molecule has 100 valence electrons. The van der Waals surface area contributed by atoms with Gasteiger partial charge in [0.15, 0.2) is 0 Å². The highest BCUT2D eigenvalue weighted by Crippen LogP contribution is 2.34. The smallest absolute Gasteiger partial charge is 0.0192 e. The van der Waals surface area contributed by atoms with Crippen molar-refractivity contribution in [2.24, 2.45) is 5.73 Å². The molecular formula is C17H21NS. The van der Waals surface area contributed by atoms with Gasteiger partial charge in [0.2, 0.25) is 0 Å². The minimum atomic E-state index is 0.628. The zero-order valence-corrected chi connectivity index (χ0v) is 12.1. The van der Waals surface area contributed by atoms with Crippen LogP contribution in [0.25, 0.3) is 11.1 Å². The molecule has 3 rings (SSSR count). The van der Waals surface area contributed by atoms with Crippen molar-refractivity contribution in [2.45, 2.75) is 44.6 Å². The predicted octanol–water partition coefficient (Wildman–Crippen LogP) is 4.92. The molecule has 0 saturated heterocycles. The minimum absolute atomic E-state index is 0.628. The molecule has 0 amide bonds. The van der Waals surface area contributed by atoms with Gasteiger partial charge in [-0.15, -0.1) is 0 Å². The standard InChI is InChI=1S/C17H21NS/c18-10-16-11-19-12-17(16)15-8-6-14(7-9-15)13-4-2-1-3-5-13/h6-9,11-13H,1-5,10,18H2. The van der Waals surface area contributed by atoms with Crippen molar-refractivity contribution in [3.8, 4) is 11.1 Å². The van der Waals surface area contributed by atoms with Crippen LogP contribution in [0.15, 0.2) is 35.0 Å². The van der Waals surface area contributed by atoms with E-state index in [1.807, 2.05) is 0 Å². The van der Waals surface area contributed by atoms with Crippen LogP contribution in [-0.2, 0) is 6.54 Å². The zero-order chi connectivity index (χ0) is 13.1. The summed E-state index contributed by atoms with van der Waals surface area (Å²) in [6.45, 7) is 0.628. The fourth-order valence-corrected chi connectivity index (χ4v) is 3.98. The molecule has 0 unspecified atom stereocenters. The lowest BCUT2D eigenvalue weighted by molar-refractivity contribution is 0.443. The second-order valence-electron chi connectivity index (χ2n) is 5.47. The van der Waals surface area contributed by atoms with E-state index in [1.165, 1.54) is 54.4 Å². The van der Waals surface area contributed by atoms with Gasteiger partial charge in [-0.05, 0) is 51.8 Å². The maximum absolute atomic E-state index is 5.79. The van der Waals surface area contributed by atoms with E-state index in [0.717, 1.165) is 5.92 Å². The maximum atomic E-state index is 5.79. The lowest BCUT2D eigenvalue weighted by Gasteiger charge is -2.22. The fourth-order valence-electron chi connectivity index (χ4n) is 3.11. The number of nitrogens with two attached hydrogens (primary N) is 1. The van der Waals surface area contributed by atoms with Crippen LogP contribution in [0.5, 0.6) is 0 Å². The van der Waals surface area contributed by atoms with Gasteiger partial charge in [-0.1, -0.05) is 43.5 Å². The normalized spacial score (nSPS) is 16.7. The Morgan fingerprint density at radius 2 is 1.74 bits per heavy atom. The van der Waals surface area contributed by atoms with Crippen LogP contribution in [0.1, 0.15) is 49.1 Å². The second-order valence-corrected chi connectivity index (χ2v) is 6.22. The topological polar surface area (TPSA) is 26.0 Å². The number of benzene rings is 1. The van der Waals surface area contributed by atoms with E-state index in [2.05, 4.69) is 35.0 Å². The Labute approximate surface area is 119 Å². The molecule has 1 saturated carbocycles. The molecule has 0 atom stereocenters. The molecule has 0 spiro atoms. The third-order valence-electron chi connectivity index (χ3n) is 4.26. The number of thiophene rings is 1. The molecule has 1 aromatic heterocycles. The van der Waals surface area contributed by atoms with Crippen LogP contribution < -0.4 is 5.73 Å². The SMILES string of the molecule is NCc1cscc1-c1ccc(C2CCCCC2)cc1. The quantitative estimate of drug-likeness (QED) is 0.842. The minimum Gasteiger partial charge on any atom is -0.326 e. The van der Waals surface area contributed by atoms with E-state index in [9.17, 15) is 0 Å². The van der Waals surface area contributed by atoms with Crippen LogP contribution >= 0.6 is 11.3 Å². The molecule has 2 heteroatoms. The third-order valence-corrected chi connectivity index (χ3v) is 5.05. The van der Waals surface area contributed by atoms with Crippen molar-refractivity contribution < 1.29 is 0 Å². The highest BCUT2D eigenvalue weighted by atomic mass is 32.1. The average molecular weight is 271 g/mol. The molecule has 1 aliphatic rings. The number of hydrogen-bond donors (Lipinski definition) is 1. The van der Waals surface area contributed by atoms with Crippen molar-refractivity contribution in [2.75, 3.05) is 0 Å². The van der Waals surface area contributed by atoms with E-state index in [-0.39, 0.29) is 0 Å². The molecular weight excluding hydrogens is 250 g/mol. The van der Waals surface area contributed by atoms with Gasteiger partial charge in [0.05, 0.1) is 0 Å². The largest absolute Gasteiger partial charge is 0.326 e. The van der Waals surface area contributed by atoms with Gasteiger partial charge in [-0.3, -0.25) is 0 Å². The summed E-state index contributed by atoms with van der Waals surface area (Å²) in [5, 5.41) is 4.36. The monoisotopic (exact) mass is 271 g/mol. The molecule has 1 aliphatic carbocycles. The summed E-state index contributed by atoms with van der Waals surface area (Å²) >= 11 is 1.74. The van der Waals surface area contributed by atoms with Crippen LogP contribution in [0.4, 0.5) is 0 Å². The summed E-state index contributed by atoms with van der Waals surface area (Å²) in [6, 6.07) is 9.18. The lowest BCUT2D eigenvalue weighted by atomic mass is 9.83. The molecule has 1 fully saturated rings. The summed E-state index contributed by atoms with van der Waals surface area (Å²) in [5.41, 5.74) is 11.2. The Bertz CT molecular complexity index is 520. The summed E-state index contributed by atoms with van der Waals surface area (Å²) in [7, 11) is 0. The third kappa shape index (κ3) is 2.75. The van der Waals surface area contributed by atoms with Gasteiger partial charge >= 0.3 is 0 Å². The van der Waals surface area contributed by atoms with Crippen LogP contribution in [-0.4, -0.2) is 0 Å². The van der Waals surface area contributed by atoms with Gasteiger partial charge in [0.1, 0.15) is 0 Å². The first-order valence-electron chi connectivity index (χ1n) is 7.24. The van der Waals surface area contributed by atoms with E-state index < -0.39 is 0 Å². The number of rotatable bonds is 3.